The summed E-state index contributed by atoms with van der Waals surface area (Å²) in [5.41, 5.74) is 0.740. The molecule has 0 radical (unpaired) electrons. The molecular formula is C40H36O15. The van der Waals surface area contributed by atoms with E-state index in [-0.39, 0.29) is 11.5 Å². The number of esters is 1. The van der Waals surface area contributed by atoms with E-state index in [9.17, 15) is 45.6 Å². The molecule has 11 atom stereocenters. The number of benzene rings is 5. The zero-order valence-corrected chi connectivity index (χ0v) is 28.7. The first-order chi connectivity index (χ1) is 26.5. The summed E-state index contributed by atoms with van der Waals surface area (Å²) in [6.45, 7) is -1.21. The zero-order chi connectivity index (χ0) is 38.3. The van der Waals surface area contributed by atoms with Gasteiger partial charge in [-0.2, -0.15) is 0 Å². The Morgan fingerprint density at radius 2 is 1.05 bits per heavy atom. The maximum atomic E-state index is 13.5. The predicted molar refractivity (Wildman–Crippen MR) is 188 cm³/mol. The molecule has 1 spiro atoms. The van der Waals surface area contributed by atoms with Gasteiger partial charge in [0.25, 0.3) is 0 Å². The van der Waals surface area contributed by atoms with Crippen LogP contribution in [0.1, 0.15) is 27.0 Å². The summed E-state index contributed by atoms with van der Waals surface area (Å²) in [4.78, 5) is 13.5. The summed E-state index contributed by atoms with van der Waals surface area (Å²) in [5, 5.41) is 83.7. The van der Waals surface area contributed by atoms with Crippen molar-refractivity contribution in [3.05, 3.63) is 107 Å². The number of ether oxygens (including phenoxy) is 6. The molecule has 4 heterocycles. The van der Waals surface area contributed by atoms with Crippen molar-refractivity contribution in [3.8, 4) is 23.0 Å². The maximum absolute atomic E-state index is 13.5. The Bertz CT molecular complexity index is 2180. The third-order valence-corrected chi connectivity index (χ3v) is 10.8. The van der Waals surface area contributed by atoms with Crippen LogP contribution in [0.25, 0.3) is 21.5 Å². The molecule has 2 fully saturated rings. The van der Waals surface area contributed by atoms with Gasteiger partial charge in [-0.05, 0) is 65.4 Å². The van der Waals surface area contributed by atoms with Crippen LogP contribution in [0.2, 0.25) is 0 Å². The van der Waals surface area contributed by atoms with Crippen LogP contribution in [0.3, 0.4) is 0 Å². The Hall–Kier alpha value is -4.91. The highest BCUT2D eigenvalue weighted by Crippen LogP contribution is 2.59. The van der Waals surface area contributed by atoms with Gasteiger partial charge in [-0.1, -0.05) is 30.3 Å². The van der Waals surface area contributed by atoms with Crippen LogP contribution in [0, 0.1) is 0 Å². The number of aliphatic hydroxyl groups excluding tert-OH is 8. The minimum Gasteiger partial charge on any atom is -0.462 e. The summed E-state index contributed by atoms with van der Waals surface area (Å²) < 4.78 is 36.0. The molecule has 0 aromatic heterocycles. The second-order valence-corrected chi connectivity index (χ2v) is 14.0. The molecule has 5 aromatic carbocycles. The number of hydrogen-bond donors (Lipinski definition) is 8. The molecule has 9 rings (SSSR count). The smallest absolute Gasteiger partial charge is 0.340 e. The van der Waals surface area contributed by atoms with Crippen molar-refractivity contribution in [1.29, 1.82) is 0 Å². The van der Waals surface area contributed by atoms with Gasteiger partial charge in [-0.3, -0.25) is 0 Å². The van der Waals surface area contributed by atoms with Gasteiger partial charge in [0.2, 0.25) is 12.6 Å². The van der Waals surface area contributed by atoms with E-state index in [1.165, 1.54) is 0 Å². The molecule has 5 aromatic rings. The standard InChI is InChI=1S/C40H36O15/c41-15-27-29(43)31(45)33(47)38(52-27)50-19-7-9-21-17(13-19)5-11-25-35(21)54-36-22-10-8-20(51-39-34(48)32(46)30(44)28(16-42)53-39)14-18(22)6-12-26(36)40(25)24-4-2-1-3-23(24)37(49)55-40/h1-14,27-34,38-39,41-48H,15-16H2/t27-,28+,29-,30+,31+,32-,33-,34-,38-,39+,40?/m0/s1. The van der Waals surface area contributed by atoms with Crippen LogP contribution in [-0.2, 0) is 19.8 Å². The molecule has 1 unspecified atom stereocenters. The molecule has 55 heavy (non-hydrogen) atoms. The molecule has 0 aliphatic carbocycles. The van der Waals surface area contributed by atoms with E-state index in [0.717, 1.165) is 0 Å². The van der Waals surface area contributed by atoms with E-state index in [4.69, 9.17) is 28.4 Å². The van der Waals surface area contributed by atoms with Crippen LogP contribution in [-0.4, -0.2) is 121 Å². The molecule has 8 N–H and O–H groups in total. The van der Waals surface area contributed by atoms with Crippen LogP contribution in [0.15, 0.2) is 84.9 Å². The monoisotopic (exact) mass is 756 g/mol. The largest absolute Gasteiger partial charge is 0.462 e. The summed E-state index contributed by atoms with van der Waals surface area (Å²) in [6, 6.07) is 24.4. The molecule has 4 aliphatic heterocycles. The zero-order valence-electron chi connectivity index (χ0n) is 28.7. The average Bonchev–Trinajstić information content (AvgIpc) is 3.49. The van der Waals surface area contributed by atoms with Crippen LogP contribution in [0.4, 0.5) is 0 Å². The normalized spacial score (nSPS) is 32.4. The van der Waals surface area contributed by atoms with E-state index in [1.807, 2.05) is 24.3 Å². The molecule has 4 aliphatic rings. The highest BCUT2D eigenvalue weighted by molar-refractivity contribution is 6.01. The van der Waals surface area contributed by atoms with Crippen molar-refractivity contribution < 1.29 is 74.1 Å². The third-order valence-electron chi connectivity index (χ3n) is 10.8. The second kappa shape index (κ2) is 13.4. The lowest BCUT2D eigenvalue weighted by Gasteiger charge is -2.39. The Morgan fingerprint density at radius 3 is 1.55 bits per heavy atom. The molecule has 0 amide bonds. The van der Waals surface area contributed by atoms with Gasteiger partial charge in [0, 0.05) is 27.5 Å². The number of hydrogen-bond acceptors (Lipinski definition) is 15. The van der Waals surface area contributed by atoms with E-state index < -0.39 is 86.2 Å². The lowest BCUT2D eigenvalue weighted by atomic mass is 9.76. The highest BCUT2D eigenvalue weighted by Gasteiger charge is 2.54. The van der Waals surface area contributed by atoms with Gasteiger partial charge >= 0.3 is 5.97 Å². The van der Waals surface area contributed by atoms with Gasteiger partial charge in [-0.25, -0.2) is 4.79 Å². The first-order valence-electron chi connectivity index (χ1n) is 17.6. The predicted octanol–water partition coefficient (Wildman–Crippen LogP) is 0.918. The molecule has 15 nitrogen and oxygen atoms in total. The van der Waals surface area contributed by atoms with Crippen molar-refractivity contribution >= 4 is 27.5 Å². The van der Waals surface area contributed by atoms with Gasteiger partial charge < -0.3 is 69.3 Å². The van der Waals surface area contributed by atoms with Gasteiger partial charge in [0.05, 0.1) is 18.8 Å². The summed E-state index contributed by atoms with van der Waals surface area (Å²) in [7, 11) is 0. The van der Waals surface area contributed by atoms with Crippen molar-refractivity contribution in [2.24, 2.45) is 0 Å². The molecular weight excluding hydrogens is 720 g/mol. The van der Waals surface area contributed by atoms with Crippen molar-refractivity contribution in [2.45, 2.75) is 67.0 Å². The van der Waals surface area contributed by atoms with Gasteiger partial charge in [0.1, 0.15) is 71.8 Å². The van der Waals surface area contributed by atoms with E-state index in [0.29, 0.717) is 55.3 Å². The van der Waals surface area contributed by atoms with Crippen LogP contribution >= 0.6 is 0 Å². The fraction of sp³-hybridized carbons (Fsp3) is 0.325. The lowest BCUT2D eigenvalue weighted by molar-refractivity contribution is -0.277. The van der Waals surface area contributed by atoms with Crippen LogP contribution in [0.5, 0.6) is 23.0 Å². The number of fused-ring (bicyclic) bond motifs is 10. The molecule has 0 saturated carbocycles. The average molecular weight is 757 g/mol. The Kier molecular flexibility index (Phi) is 8.71. The van der Waals surface area contributed by atoms with Gasteiger partial charge in [0.15, 0.2) is 5.60 Å². The number of carbonyl (C=O) groups is 1. The summed E-state index contributed by atoms with van der Waals surface area (Å²) >= 11 is 0. The van der Waals surface area contributed by atoms with Crippen molar-refractivity contribution in [2.75, 3.05) is 13.2 Å². The number of rotatable bonds is 6. The topological polar surface area (TPSA) is 234 Å². The third kappa shape index (κ3) is 5.47. The molecule has 0 bridgehead atoms. The fourth-order valence-corrected chi connectivity index (χ4v) is 7.94. The molecule has 15 heteroatoms. The summed E-state index contributed by atoms with van der Waals surface area (Å²) in [5.74, 6) is 0.766. The quantitative estimate of drug-likeness (QED) is 0.113. The van der Waals surface area contributed by atoms with Crippen molar-refractivity contribution in [3.63, 3.8) is 0 Å². The minimum absolute atomic E-state index is 0.248. The Labute approximate surface area is 311 Å². The minimum atomic E-state index is -1.62. The number of carbonyl (C=O) groups excluding carboxylic acids is 1. The van der Waals surface area contributed by atoms with E-state index >= 15 is 0 Å². The lowest BCUT2D eigenvalue weighted by Crippen LogP contribution is -2.60. The number of aliphatic hydroxyl groups is 8. The first kappa shape index (κ1) is 35.8. The molecule has 2 saturated heterocycles. The summed E-state index contributed by atoms with van der Waals surface area (Å²) in [6.07, 6.45) is -14.6. The first-order valence-corrected chi connectivity index (χ1v) is 17.6. The second-order valence-electron chi connectivity index (χ2n) is 14.0. The van der Waals surface area contributed by atoms with E-state index in [2.05, 4.69) is 0 Å². The Balaban J connectivity index is 1.13. The van der Waals surface area contributed by atoms with Gasteiger partial charge in [-0.15, -0.1) is 0 Å². The fourth-order valence-electron chi connectivity index (χ4n) is 7.94. The highest BCUT2D eigenvalue weighted by atomic mass is 16.7. The molecule has 286 valence electrons. The van der Waals surface area contributed by atoms with Crippen molar-refractivity contribution in [1.82, 2.24) is 0 Å². The van der Waals surface area contributed by atoms with Crippen LogP contribution < -0.4 is 14.2 Å². The Morgan fingerprint density at radius 1 is 0.564 bits per heavy atom. The maximum Gasteiger partial charge on any atom is 0.340 e. The SMILES string of the molecule is O=C1OC2(c3ccccc31)c1ccc3cc(O[C@@H]4O[C@H](CO)[C@@H](O)[C@H](O)[C@@H]4O)ccc3c1Oc1c2ccc2cc(O[C@H]3O[C@@H](CO)[C@H](O)[C@@H](O)[C@@H]3O)ccc12. The van der Waals surface area contributed by atoms with E-state index in [1.54, 1.807) is 60.7 Å².